The van der Waals surface area contributed by atoms with Gasteiger partial charge in [-0.05, 0) is 59.7 Å². The fourth-order valence-corrected chi connectivity index (χ4v) is 5.79. The Balaban J connectivity index is 1.91. The number of aryl methyl sites for hydroxylation is 2. The van der Waals surface area contributed by atoms with Gasteiger partial charge in [0.1, 0.15) is 0 Å². The first-order valence-corrected chi connectivity index (χ1v) is 16.4. The monoisotopic (exact) mass is 516 g/mol. The Labute approximate surface area is 222 Å². The van der Waals surface area contributed by atoms with E-state index in [9.17, 15) is 13.0 Å². The molecule has 0 spiro atoms. The molecule has 0 radical (unpaired) electrons. The number of hydrogen-bond acceptors (Lipinski definition) is 2. The van der Waals surface area contributed by atoms with Gasteiger partial charge in [-0.3, -0.25) is 4.55 Å². The maximum Gasteiger partial charge on any atom is 0.294 e. The largest absolute Gasteiger partial charge is 0.294 e. The maximum absolute atomic E-state index is 11.7. The third-order valence-corrected chi connectivity index (χ3v) is 8.34. The molecule has 4 heteroatoms. The van der Waals surface area contributed by atoms with Crippen LogP contribution in [0.15, 0.2) is 35.2 Å². The van der Waals surface area contributed by atoms with Gasteiger partial charge in [0.15, 0.2) is 0 Å². The summed E-state index contributed by atoms with van der Waals surface area (Å²) in [6, 6.07) is 9.55. The standard InChI is InChI=1S/C32H52O3S/c1-3-5-7-9-11-13-15-17-19-21-28-25-29(22-20-18-16-14-12-10-8-6-4-2)32-24-23-31(36(33,34)35)27-30(32)26-28/h23-27H,3-22H2,1-2H3,(H,33,34,35). The van der Waals surface area contributed by atoms with Crippen molar-refractivity contribution in [2.75, 3.05) is 0 Å². The average molecular weight is 517 g/mol. The lowest BCUT2D eigenvalue weighted by Gasteiger charge is -2.12. The summed E-state index contributed by atoms with van der Waals surface area (Å²) in [7, 11) is -4.19. The third kappa shape index (κ3) is 12.2. The second kappa shape index (κ2) is 18.0. The normalized spacial score (nSPS) is 12.0. The lowest BCUT2D eigenvalue weighted by Crippen LogP contribution is -1.99. The van der Waals surface area contributed by atoms with Crippen LogP contribution in [0.4, 0.5) is 0 Å². The molecule has 0 bridgehead atoms. The summed E-state index contributed by atoms with van der Waals surface area (Å²) < 4.78 is 33.0. The van der Waals surface area contributed by atoms with Crippen molar-refractivity contribution in [2.24, 2.45) is 0 Å². The predicted octanol–water partition coefficient (Wildman–Crippen LogP) is 10.2. The zero-order valence-corrected chi connectivity index (χ0v) is 24.0. The summed E-state index contributed by atoms with van der Waals surface area (Å²) in [4.78, 5) is -0.00996. The average Bonchev–Trinajstić information content (AvgIpc) is 2.85. The first kappa shape index (κ1) is 30.8. The molecule has 0 atom stereocenters. The molecular formula is C32H52O3S. The summed E-state index contributed by atoms with van der Waals surface area (Å²) in [6.07, 6.45) is 25.7. The van der Waals surface area contributed by atoms with Crippen LogP contribution in [0.5, 0.6) is 0 Å². The number of hydrogen-bond donors (Lipinski definition) is 1. The maximum atomic E-state index is 11.7. The minimum absolute atomic E-state index is 0.00996. The molecular weight excluding hydrogens is 464 g/mol. The van der Waals surface area contributed by atoms with Gasteiger partial charge in [-0.15, -0.1) is 0 Å². The van der Waals surface area contributed by atoms with E-state index in [4.69, 9.17) is 0 Å². The SMILES string of the molecule is CCCCCCCCCCCc1cc(CCCCCCCCCCC)c2ccc(S(=O)(=O)O)cc2c1. The molecule has 1 N–H and O–H groups in total. The fourth-order valence-electron chi connectivity index (χ4n) is 5.27. The quantitative estimate of drug-likeness (QED) is 0.133. The van der Waals surface area contributed by atoms with Crippen LogP contribution in [0.3, 0.4) is 0 Å². The molecule has 0 unspecified atom stereocenters. The lowest BCUT2D eigenvalue weighted by molar-refractivity contribution is 0.483. The van der Waals surface area contributed by atoms with Crippen molar-refractivity contribution >= 4 is 20.9 Å². The van der Waals surface area contributed by atoms with Gasteiger partial charge in [-0.2, -0.15) is 8.42 Å². The molecule has 0 fully saturated rings. The summed E-state index contributed by atoms with van der Waals surface area (Å²) in [5.41, 5.74) is 2.62. The van der Waals surface area contributed by atoms with Gasteiger partial charge in [-0.1, -0.05) is 135 Å². The van der Waals surface area contributed by atoms with Gasteiger partial charge in [0, 0.05) is 0 Å². The van der Waals surface area contributed by atoms with Gasteiger partial charge in [0.05, 0.1) is 4.90 Å². The molecule has 2 rings (SSSR count). The van der Waals surface area contributed by atoms with Crippen LogP contribution in [0, 0.1) is 0 Å². The van der Waals surface area contributed by atoms with E-state index in [1.165, 1.54) is 133 Å². The van der Waals surface area contributed by atoms with Crippen molar-refractivity contribution in [2.45, 2.75) is 147 Å². The highest BCUT2D eigenvalue weighted by Crippen LogP contribution is 2.27. The summed E-state index contributed by atoms with van der Waals surface area (Å²) >= 11 is 0. The van der Waals surface area contributed by atoms with Gasteiger partial charge in [-0.25, -0.2) is 0 Å². The van der Waals surface area contributed by atoms with Crippen molar-refractivity contribution in [1.29, 1.82) is 0 Å². The molecule has 0 saturated carbocycles. The van der Waals surface area contributed by atoms with E-state index in [1.54, 1.807) is 6.07 Å². The zero-order chi connectivity index (χ0) is 26.1. The molecule has 0 aliphatic rings. The van der Waals surface area contributed by atoms with Gasteiger partial charge >= 0.3 is 0 Å². The Kier molecular flexibility index (Phi) is 15.4. The smallest absolute Gasteiger partial charge is 0.282 e. The molecule has 0 saturated heterocycles. The Hall–Kier alpha value is -1.39. The lowest BCUT2D eigenvalue weighted by atomic mass is 9.94. The molecule has 0 aromatic heterocycles. The molecule has 2 aromatic rings. The van der Waals surface area contributed by atoms with Crippen molar-refractivity contribution in [3.63, 3.8) is 0 Å². The first-order valence-electron chi connectivity index (χ1n) is 15.0. The van der Waals surface area contributed by atoms with Crippen LogP contribution >= 0.6 is 0 Å². The highest BCUT2D eigenvalue weighted by Gasteiger charge is 2.12. The molecule has 36 heavy (non-hydrogen) atoms. The van der Waals surface area contributed by atoms with E-state index < -0.39 is 10.1 Å². The van der Waals surface area contributed by atoms with Crippen molar-refractivity contribution in [1.82, 2.24) is 0 Å². The minimum Gasteiger partial charge on any atom is -0.282 e. The molecule has 2 aromatic carbocycles. The van der Waals surface area contributed by atoms with Crippen LogP contribution in [0.2, 0.25) is 0 Å². The first-order chi connectivity index (χ1) is 17.5. The van der Waals surface area contributed by atoms with Crippen LogP contribution in [0.25, 0.3) is 10.8 Å². The summed E-state index contributed by atoms with van der Waals surface area (Å²) in [6.45, 7) is 4.52. The van der Waals surface area contributed by atoms with Crippen LogP contribution in [-0.4, -0.2) is 13.0 Å². The van der Waals surface area contributed by atoms with Crippen LogP contribution in [-0.2, 0) is 23.0 Å². The van der Waals surface area contributed by atoms with Gasteiger partial charge in [0.25, 0.3) is 10.1 Å². The number of unbranched alkanes of at least 4 members (excludes halogenated alkanes) is 16. The predicted molar refractivity (Wildman–Crippen MR) is 156 cm³/mol. The Morgan fingerprint density at radius 3 is 1.56 bits per heavy atom. The van der Waals surface area contributed by atoms with Gasteiger partial charge < -0.3 is 0 Å². The van der Waals surface area contributed by atoms with E-state index in [0.29, 0.717) is 0 Å². The highest BCUT2D eigenvalue weighted by molar-refractivity contribution is 7.85. The van der Waals surface area contributed by atoms with E-state index in [0.717, 1.165) is 23.6 Å². The Bertz CT molecular complexity index is 965. The summed E-state index contributed by atoms with van der Waals surface area (Å²) in [5, 5.41) is 2.06. The number of benzene rings is 2. The second-order valence-corrected chi connectivity index (χ2v) is 12.2. The molecule has 0 amide bonds. The highest BCUT2D eigenvalue weighted by atomic mass is 32.2. The Morgan fingerprint density at radius 2 is 1.06 bits per heavy atom. The Morgan fingerprint density at radius 1 is 0.583 bits per heavy atom. The molecule has 0 aliphatic carbocycles. The third-order valence-electron chi connectivity index (χ3n) is 7.49. The second-order valence-electron chi connectivity index (χ2n) is 10.8. The van der Waals surface area contributed by atoms with E-state index in [1.807, 2.05) is 6.07 Å². The topological polar surface area (TPSA) is 54.4 Å². The summed E-state index contributed by atoms with van der Waals surface area (Å²) in [5.74, 6) is 0. The van der Waals surface area contributed by atoms with E-state index in [2.05, 4.69) is 26.0 Å². The fraction of sp³-hybridized carbons (Fsp3) is 0.688. The van der Waals surface area contributed by atoms with Gasteiger partial charge in [0.2, 0.25) is 0 Å². The van der Waals surface area contributed by atoms with E-state index in [-0.39, 0.29) is 4.90 Å². The van der Waals surface area contributed by atoms with Crippen LogP contribution in [0.1, 0.15) is 141 Å². The number of fused-ring (bicyclic) bond motifs is 1. The van der Waals surface area contributed by atoms with Crippen LogP contribution < -0.4 is 0 Å². The molecule has 0 heterocycles. The van der Waals surface area contributed by atoms with E-state index >= 15 is 0 Å². The molecule has 204 valence electrons. The van der Waals surface area contributed by atoms with Crippen molar-refractivity contribution < 1.29 is 13.0 Å². The minimum atomic E-state index is -4.19. The van der Waals surface area contributed by atoms with Crippen molar-refractivity contribution in [3.05, 3.63) is 41.5 Å². The molecule has 3 nitrogen and oxygen atoms in total. The number of rotatable bonds is 21. The molecule has 0 aliphatic heterocycles. The van der Waals surface area contributed by atoms with Crippen molar-refractivity contribution in [3.8, 4) is 0 Å². The zero-order valence-electron chi connectivity index (χ0n) is 23.2.